The quantitative estimate of drug-likeness (QED) is 0.680. The van der Waals surface area contributed by atoms with E-state index in [9.17, 15) is 9.59 Å². The SMILES string of the molecule is NC(CCc1ccc(Cl)cc1)c1ccccn1.O=C(O)/C=C\C(=O)O. The number of nitrogens with zero attached hydrogens (tertiary/aromatic N) is 1. The minimum absolute atomic E-state index is 0.00752. The largest absolute Gasteiger partial charge is 0.478 e. The van der Waals surface area contributed by atoms with Crippen molar-refractivity contribution in [2.75, 3.05) is 0 Å². The van der Waals surface area contributed by atoms with E-state index in [4.69, 9.17) is 27.5 Å². The summed E-state index contributed by atoms with van der Waals surface area (Å²) in [5, 5.41) is 16.4. The molecule has 0 aliphatic rings. The predicted molar refractivity (Wildman–Crippen MR) is 95.4 cm³/mol. The number of aliphatic carboxylic acids is 2. The molecular formula is C18H19ClN2O4. The average molecular weight is 363 g/mol. The van der Waals surface area contributed by atoms with Gasteiger partial charge in [-0.05, 0) is 42.7 Å². The molecular weight excluding hydrogens is 344 g/mol. The topological polar surface area (TPSA) is 114 Å². The van der Waals surface area contributed by atoms with E-state index in [1.165, 1.54) is 5.56 Å². The summed E-state index contributed by atoms with van der Waals surface area (Å²) in [5.41, 5.74) is 8.28. The number of carbonyl (C=O) groups is 2. The van der Waals surface area contributed by atoms with Crippen LogP contribution in [0.1, 0.15) is 23.7 Å². The maximum Gasteiger partial charge on any atom is 0.328 e. The molecule has 6 nitrogen and oxygen atoms in total. The van der Waals surface area contributed by atoms with Gasteiger partial charge in [-0.25, -0.2) is 9.59 Å². The molecule has 0 saturated heterocycles. The Morgan fingerprint density at radius 2 is 1.68 bits per heavy atom. The molecule has 1 unspecified atom stereocenters. The van der Waals surface area contributed by atoms with Crippen LogP contribution in [0.25, 0.3) is 0 Å². The van der Waals surface area contributed by atoms with Crippen LogP contribution in [0.4, 0.5) is 0 Å². The van der Waals surface area contributed by atoms with E-state index in [1.807, 2.05) is 42.5 Å². The van der Waals surface area contributed by atoms with Gasteiger partial charge in [0, 0.05) is 29.4 Å². The third-order valence-electron chi connectivity index (χ3n) is 3.09. The van der Waals surface area contributed by atoms with Crippen molar-refractivity contribution in [1.29, 1.82) is 0 Å². The molecule has 132 valence electrons. The molecule has 1 heterocycles. The number of hydrogen-bond donors (Lipinski definition) is 3. The van der Waals surface area contributed by atoms with Crippen LogP contribution in [0.3, 0.4) is 0 Å². The fourth-order valence-electron chi connectivity index (χ4n) is 1.86. The number of aromatic nitrogens is 1. The number of aryl methyl sites for hydroxylation is 1. The molecule has 0 aliphatic carbocycles. The fourth-order valence-corrected chi connectivity index (χ4v) is 1.98. The van der Waals surface area contributed by atoms with Crippen molar-refractivity contribution in [2.24, 2.45) is 5.73 Å². The summed E-state index contributed by atoms with van der Waals surface area (Å²) in [6.45, 7) is 0. The van der Waals surface area contributed by atoms with Gasteiger partial charge >= 0.3 is 11.9 Å². The summed E-state index contributed by atoms with van der Waals surface area (Å²) in [7, 11) is 0. The second-order valence-electron chi connectivity index (χ2n) is 5.04. The summed E-state index contributed by atoms with van der Waals surface area (Å²) in [5.74, 6) is -2.51. The van der Waals surface area contributed by atoms with Crippen molar-refractivity contribution in [3.05, 3.63) is 77.1 Å². The van der Waals surface area contributed by atoms with Gasteiger partial charge in [-0.1, -0.05) is 29.8 Å². The highest BCUT2D eigenvalue weighted by molar-refractivity contribution is 6.30. The number of rotatable bonds is 6. The van der Waals surface area contributed by atoms with Crippen LogP contribution in [0.5, 0.6) is 0 Å². The van der Waals surface area contributed by atoms with Crippen LogP contribution < -0.4 is 5.73 Å². The Kier molecular flexibility index (Phi) is 8.92. The van der Waals surface area contributed by atoms with Gasteiger partial charge in [0.25, 0.3) is 0 Å². The first kappa shape index (κ1) is 20.3. The standard InChI is InChI=1S/C14H15ClN2.C4H4O4/c15-12-7-4-11(5-8-12)6-9-13(16)14-3-1-2-10-17-14;5-3(6)1-2-4(7)8/h1-5,7-8,10,13H,6,9,16H2;1-2H,(H,5,6)(H,7,8)/b;2-1-. The number of halogens is 1. The first-order valence-corrected chi connectivity index (χ1v) is 7.81. The average Bonchev–Trinajstić information content (AvgIpc) is 2.60. The van der Waals surface area contributed by atoms with Crippen LogP contribution in [0.2, 0.25) is 5.02 Å². The summed E-state index contributed by atoms with van der Waals surface area (Å²) in [4.78, 5) is 23.4. The third-order valence-corrected chi connectivity index (χ3v) is 3.35. The zero-order valence-electron chi connectivity index (χ0n) is 13.4. The molecule has 0 fully saturated rings. The number of hydrogen-bond acceptors (Lipinski definition) is 4. The van der Waals surface area contributed by atoms with Gasteiger partial charge in [0.1, 0.15) is 0 Å². The molecule has 1 aromatic heterocycles. The van der Waals surface area contributed by atoms with Gasteiger partial charge in [0.05, 0.1) is 5.69 Å². The lowest BCUT2D eigenvalue weighted by molar-refractivity contribution is -0.134. The van der Waals surface area contributed by atoms with Gasteiger partial charge in [-0.15, -0.1) is 0 Å². The zero-order valence-corrected chi connectivity index (χ0v) is 14.1. The van der Waals surface area contributed by atoms with E-state index < -0.39 is 11.9 Å². The van der Waals surface area contributed by atoms with Crippen molar-refractivity contribution in [3.8, 4) is 0 Å². The smallest absolute Gasteiger partial charge is 0.328 e. The molecule has 0 radical (unpaired) electrons. The number of pyridine rings is 1. The highest BCUT2D eigenvalue weighted by Crippen LogP contribution is 2.16. The van der Waals surface area contributed by atoms with Crippen molar-refractivity contribution in [1.82, 2.24) is 4.98 Å². The Labute approximate surface area is 150 Å². The lowest BCUT2D eigenvalue weighted by Crippen LogP contribution is -2.12. The molecule has 0 saturated carbocycles. The minimum Gasteiger partial charge on any atom is -0.478 e. The van der Waals surface area contributed by atoms with Crippen LogP contribution in [-0.2, 0) is 16.0 Å². The Morgan fingerprint density at radius 3 is 2.16 bits per heavy atom. The van der Waals surface area contributed by atoms with Crippen LogP contribution >= 0.6 is 11.6 Å². The predicted octanol–water partition coefficient (Wildman–Crippen LogP) is 3.08. The normalized spacial score (nSPS) is 11.4. The molecule has 2 rings (SSSR count). The van der Waals surface area contributed by atoms with Crippen LogP contribution in [0.15, 0.2) is 60.8 Å². The fraction of sp³-hybridized carbons (Fsp3) is 0.167. The second-order valence-corrected chi connectivity index (χ2v) is 5.47. The molecule has 7 heteroatoms. The summed E-state index contributed by atoms with van der Waals surface area (Å²) >= 11 is 5.84. The van der Waals surface area contributed by atoms with Crippen LogP contribution in [0, 0.1) is 0 Å². The van der Waals surface area contributed by atoms with Crippen LogP contribution in [-0.4, -0.2) is 27.1 Å². The van der Waals surface area contributed by atoms with Gasteiger partial charge < -0.3 is 15.9 Å². The van der Waals surface area contributed by atoms with E-state index in [0.717, 1.165) is 23.6 Å². The molecule has 4 N–H and O–H groups in total. The molecule has 1 atom stereocenters. The molecule has 25 heavy (non-hydrogen) atoms. The first-order chi connectivity index (χ1) is 11.9. The van der Waals surface area contributed by atoms with Gasteiger partial charge in [-0.2, -0.15) is 0 Å². The number of carboxylic acids is 2. The maximum atomic E-state index is 9.55. The van der Waals surface area contributed by atoms with Gasteiger partial charge in [0.2, 0.25) is 0 Å². The Morgan fingerprint density at radius 1 is 1.08 bits per heavy atom. The highest BCUT2D eigenvalue weighted by atomic mass is 35.5. The Hall–Kier alpha value is -2.70. The lowest BCUT2D eigenvalue weighted by Gasteiger charge is -2.10. The van der Waals surface area contributed by atoms with Crippen molar-refractivity contribution < 1.29 is 19.8 Å². The lowest BCUT2D eigenvalue weighted by atomic mass is 10.0. The maximum absolute atomic E-state index is 9.55. The molecule has 2 aromatic rings. The van der Waals surface area contributed by atoms with Crippen molar-refractivity contribution in [2.45, 2.75) is 18.9 Å². The Balaban J connectivity index is 0.000000333. The minimum atomic E-state index is -1.26. The molecule has 0 aliphatic heterocycles. The van der Waals surface area contributed by atoms with E-state index in [-0.39, 0.29) is 6.04 Å². The summed E-state index contributed by atoms with van der Waals surface area (Å²) < 4.78 is 0. The first-order valence-electron chi connectivity index (χ1n) is 7.43. The number of carboxylic acid groups (broad SMARTS) is 2. The van der Waals surface area contributed by atoms with Gasteiger partial charge in [-0.3, -0.25) is 4.98 Å². The monoisotopic (exact) mass is 362 g/mol. The number of benzene rings is 1. The molecule has 0 bridgehead atoms. The molecule has 1 aromatic carbocycles. The van der Waals surface area contributed by atoms with E-state index in [2.05, 4.69) is 4.98 Å². The van der Waals surface area contributed by atoms with E-state index >= 15 is 0 Å². The molecule has 0 amide bonds. The Bertz CT molecular complexity index is 687. The van der Waals surface area contributed by atoms with Crippen molar-refractivity contribution >= 4 is 23.5 Å². The zero-order chi connectivity index (χ0) is 18.7. The van der Waals surface area contributed by atoms with Crippen molar-refractivity contribution in [3.63, 3.8) is 0 Å². The molecule has 0 spiro atoms. The van der Waals surface area contributed by atoms with E-state index in [1.54, 1.807) is 6.20 Å². The summed E-state index contributed by atoms with van der Waals surface area (Å²) in [6, 6.07) is 13.7. The second kappa shape index (κ2) is 11.0. The summed E-state index contributed by atoms with van der Waals surface area (Å²) in [6.07, 6.45) is 4.72. The van der Waals surface area contributed by atoms with E-state index in [0.29, 0.717) is 12.2 Å². The highest BCUT2D eigenvalue weighted by Gasteiger charge is 2.06. The number of nitrogens with two attached hydrogens (primary N) is 1. The van der Waals surface area contributed by atoms with Gasteiger partial charge in [0.15, 0.2) is 0 Å². The third kappa shape index (κ3) is 9.24.